The second-order valence-electron chi connectivity index (χ2n) is 3.61. The molecular weight excluding hydrogens is 267 g/mol. The van der Waals surface area contributed by atoms with Crippen LogP contribution in [0.4, 0.5) is 15.8 Å². The third kappa shape index (κ3) is 2.27. The molecule has 1 aromatic carbocycles. The fourth-order valence-corrected chi connectivity index (χ4v) is 1.87. The molecule has 0 N–H and O–H groups in total. The van der Waals surface area contributed by atoms with Gasteiger partial charge in [0, 0.05) is 18.7 Å². The molecule has 0 unspecified atom stereocenters. The fourth-order valence-electron chi connectivity index (χ4n) is 1.65. The van der Waals surface area contributed by atoms with E-state index in [1.54, 1.807) is 0 Å². The summed E-state index contributed by atoms with van der Waals surface area (Å²) in [4.78, 5) is 22.7. The van der Waals surface area contributed by atoms with E-state index in [4.69, 9.17) is 16.3 Å². The Balaban J connectivity index is 2.46. The average Bonchev–Trinajstić information content (AvgIpc) is 2.30. The third-order valence-corrected chi connectivity index (χ3v) is 2.79. The summed E-state index contributed by atoms with van der Waals surface area (Å²) in [5.41, 5.74) is -0.591. The largest absolute Gasteiger partial charge is 0.370 e. The summed E-state index contributed by atoms with van der Waals surface area (Å²) in [6.45, 7) is 0.228. The molecule has 2 rings (SSSR count). The lowest BCUT2D eigenvalue weighted by molar-refractivity contribution is -0.384. The second kappa shape index (κ2) is 4.87. The Hall–Kier alpha value is -1.73. The Labute approximate surface area is 106 Å². The van der Waals surface area contributed by atoms with Crippen LogP contribution in [-0.2, 0) is 9.53 Å². The standard InChI is InChI=1S/C10H8ClFN2O4/c11-6-3-7(12)9(4-8(6)14(16)17)13-1-2-18-5-10(13)15/h3-4H,1-2,5H2. The lowest BCUT2D eigenvalue weighted by Gasteiger charge is -2.27. The van der Waals surface area contributed by atoms with Gasteiger partial charge in [0.25, 0.3) is 11.6 Å². The topological polar surface area (TPSA) is 72.7 Å². The van der Waals surface area contributed by atoms with Crippen molar-refractivity contribution in [1.82, 2.24) is 0 Å². The first-order valence-corrected chi connectivity index (χ1v) is 5.40. The minimum atomic E-state index is -0.777. The van der Waals surface area contributed by atoms with Gasteiger partial charge in [0.2, 0.25) is 0 Å². The number of morpholine rings is 1. The summed E-state index contributed by atoms with van der Waals surface area (Å²) >= 11 is 5.56. The molecular formula is C10H8ClFN2O4. The molecule has 1 aliphatic rings. The minimum Gasteiger partial charge on any atom is -0.370 e. The molecule has 0 spiro atoms. The Morgan fingerprint density at radius 3 is 2.83 bits per heavy atom. The zero-order valence-electron chi connectivity index (χ0n) is 9.06. The van der Waals surface area contributed by atoms with Crippen LogP contribution in [0.5, 0.6) is 0 Å². The van der Waals surface area contributed by atoms with Gasteiger partial charge in [-0.25, -0.2) is 4.39 Å². The molecule has 0 saturated carbocycles. The third-order valence-electron chi connectivity index (χ3n) is 2.49. The molecule has 1 amide bonds. The van der Waals surface area contributed by atoms with E-state index in [9.17, 15) is 19.3 Å². The van der Waals surface area contributed by atoms with Crippen molar-refractivity contribution in [3.05, 3.63) is 33.1 Å². The lowest BCUT2D eigenvalue weighted by Crippen LogP contribution is -2.42. The highest BCUT2D eigenvalue weighted by atomic mass is 35.5. The van der Waals surface area contributed by atoms with Gasteiger partial charge in [-0.15, -0.1) is 0 Å². The Morgan fingerprint density at radius 2 is 2.22 bits per heavy atom. The first kappa shape index (κ1) is 12.7. The van der Waals surface area contributed by atoms with Crippen molar-refractivity contribution in [2.75, 3.05) is 24.7 Å². The molecule has 1 aromatic rings. The molecule has 1 saturated heterocycles. The summed E-state index contributed by atoms with van der Waals surface area (Å²) in [6.07, 6.45) is 0. The number of nitrogens with zero attached hydrogens (tertiary/aromatic N) is 2. The van der Waals surface area contributed by atoms with E-state index < -0.39 is 22.3 Å². The number of anilines is 1. The number of ether oxygens (including phenoxy) is 1. The van der Waals surface area contributed by atoms with E-state index in [-0.39, 0.29) is 30.5 Å². The highest BCUT2D eigenvalue weighted by molar-refractivity contribution is 6.32. The van der Waals surface area contributed by atoms with E-state index in [1.165, 1.54) is 0 Å². The maximum absolute atomic E-state index is 13.7. The van der Waals surface area contributed by atoms with Crippen LogP contribution in [0.2, 0.25) is 5.02 Å². The van der Waals surface area contributed by atoms with Gasteiger partial charge >= 0.3 is 0 Å². The first-order chi connectivity index (χ1) is 8.50. The van der Waals surface area contributed by atoms with Crippen LogP contribution in [0.1, 0.15) is 0 Å². The van der Waals surface area contributed by atoms with Gasteiger partial charge in [-0.2, -0.15) is 0 Å². The summed E-state index contributed by atoms with van der Waals surface area (Å²) in [5, 5.41) is 10.4. The van der Waals surface area contributed by atoms with Crippen molar-refractivity contribution in [2.45, 2.75) is 0 Å². The molecule has 0 radical (unpaired) electrons. The van der Waals surface area contributed by atoms with Gasteiger partial charge in [-0.1, -0.05) is 11.6 Å². The maximum Gasteiger partial charge on any atom is 0.290 e. The quantitative estimate of drug-likeness (QED) is 0.608. The van der Waals surface area contributed by atoms with E-state index in [2.05, 4.69) is 0 Å². The molecule has 0 aliphatic carbocycles. The Bertz CT molecular complexity index is 523. The van der Waals surface area contributed by atoms with Gasteiger partial charge < -0.3 is 9.64 Å². The van der Waals surface area contributed by atoms with Crippen LogP contribution >= 0.6 is 11.6 Å². The van der Waals surface area contributed by atoms with Crippen LogP contribution in [0.25, 0.3) is 0 Å². The molecule has 0 atom stereocenters. The van der Waals surface area contributed by atoms with E-state index in [0.717, 1.165) is 17.0 Å². The molecule has 8 heteroatoms. The van der Waals surface area contributed by atoms with Crippen molar-refractivity contribution in [2.24, 2.45) is 0 Å². The van der Waals surface area contributed by atoms with Crippen molar-refractivity contribution < 1.29 is 18.8 Å². The van der Waals surface area contributed by atoms with Crippen LogP contribution in [-0.4, -0.2) is 30.6 Å². The van der Waals surface area contributed by atoms with E-state index in [0.29, 0.717) is 0 Å². The zero-order chi connectivity index (χ0) is 13.3. The number of carbonyl (C=O) groups excluding carboxylic acids is 1. The maximum atomic E-state index is 13.7. The molecule has 0 aromatic heterocycles. The number of amides is 1. The first-order valence-electron chi connectivity index (χ1n) is 5.02. The predicted molar refractivity (Wildman–Crippen MR) is 61.2 cm³/mol. The molecule has 6 nitrogen and oxygen atoms in total. The Morgan fingerprint density at radius 1 is 1.50 bits per heavy atom. The van der Waals surface area contributed by atoms with Crippen LogP contribution in [0.15, 0.2) is 12.1 Å². The number of halogens is 2. The summed E-state index contributed by atoms with van der Waals surface area (Å²) in [7, 11) is 0. The Kier molecular flexibility index (Phi) is 3.44. The van der Waals surface area contributed by atoms with Crippen LogP contribution in [0, 0.1) is 15.9 Å². The minimum absolute atomic E-state index is 0.147. The molecule has 18 heavy (non-hydrogen) atoms. The lowest BCUT2D eigenvalue weighted by atomic mass is 10.2. The fraction of sp³-hybridized carbons (Fsp3) is 0.300. The number of rotatable bonds is 2. The van der Waals surface area contributed by atoms with E-state index >= 15 is 0 Å². The highest BCUT2D eigenvalue weighted by Crippen LogP contribution is 2.32. The number of benzene rings is 1. The average molecular weight is 275 g/mol. The highest BCUT2D eigenvalue weighted by Gasteiger charge is 2.26. The predicted octanol–water partition coefficient (Wildman–Crippen LogP) is 1.75. The van der Waals surface area contributed by atoms with Gasteiger partial charge in [-0.05, 0) is 0 Å². The summed E-state index contributed by atoms with van der Waals surface area (Å²) in [6, 6.07) is 1.79. The number of carbonyl (C=O) groups is 1. The van der Waals surface area contributed by atoms with Crippen molar-refractivity contribution in [3.8, 4) is 0 Å². The zero-order valence-corrected chi connectivity index (χ0v) is 9.82. The molecule has 0 bridgehead atoms. The monoisotopic (exact) mass is 274 g/mol. The smallest absolute Gasteiger partial charge is 0.290 e. The number of hydrogen-bond donors (Lipinski definition) is 0. The van der Waals surface area contributed by atoms with Gasteiger partial charge in [0.15, 0.2) is 0 Å². The van der Waals surface area contributed by atoms with Crippen molar-refractivity contribution >= 4 is 28.9 Å². The summed E-state index contributed by atoms with van der Waals surface area (Å²) in [5.74, 6) is -1.22. The number of nitro benzene ring substituents is 1. The molecule has 96 valence electrons. The van der Waals surface area contributed by atoms with Gasteiger partial charge in [0.1, 0.15) is 17.4 Å². The number of hydrogen-bond acceptors (Lipinski definition) is 4. The summed E-state index contributed by atoms with van der Waals surface area (Å²) < 4.78 is 18.6. The number of nitro groups is 1. The van der Waals surface area contributed by atoms with Crippen LogP contribution in [0.3, 0.4) is 0 Å². The second-order valence-corrected chi connectivity index (χ2v) is 4.02. The van der Waals surface area contributed by atoms with Crippen molar-refractivity contribution in [3.63, 3.8) is 0 Å². The van der Waals surface area contributed by atoms with Crippen molar-refractivity contribution in [1.29, 1.82) is 0 Å². The SMILES string of the molecule is O=C1COCCN1c1cc([N+](=O)[O-])c(Cl)cc1F. The normalized spacial score (nSPS) is 15.9. The van der Waals surface area contributed by atoms with Crippen LogP contribution < -0.4 is 4.90 Å². The van der Waals surface area contributed by atoms with Gasteiger partial charge in [0.05, 0.1) is 17.2 Å². The molecule has 1 heterocycles. The molecule has 1 fully saturated rings. The molecule has 1 aliphatic heterocycles. The van der Waals surface area contributed by atoms with Gasteiger partial charge in [-0.3, -0.25) is 14.9 Å². The van der Waals surface area contributed by atoms with E-state index in [1.807, 2.05) is 0 Å².